The molecule has 3 N–H and O–H groups in total. The van der Waals surface area contributed by atoms with Crippen molar-refractivity contribution in [3.8, 4) is 0 Å². The van der Waals surface area contributed by atoms with E-state index >= 15 is 0 Å². The van der Waals surface area contributed by atoms with Crippen LogP contribution in [0.3, 0.4) is 0 Å². The molecule has 0 saturated carbocycles. The highest BCUT2D eigenvalue weighted by Gasteiger charge is 2.37. The van der Waals surface area contributed by atoms with E-state index in [1.165, 1.54) is 14.0 Å². The molecule has 1 fully saturated rings. The highest BCUT2D eigenvalue weighted by molar-refractivity contribution is 5.74. The van der Waals surface area contributed by atoms with Gasteiger partial charge in [0, 0.05) is 31.7 Å². The summed E-state index contributed by atoms with van der Waals surface area (Å²) in [5.74, 6) is -0.676. The van der Waals surface area contributed by atoms with Crippen LogP contribution < -0.4 is 5.73 Å². The zero-order valence-electron chi connectivity index (χ0n) is 13.7. The number of aliphatic hydroxyl groups excluding tert-OH is 1. The summed E-state index contributed by atoms with van der Waals surface area (Å²) in [5, 5.41) is 9.18. The topological polar surface area (TPSA) is 117 Å². The van der Waals surface area contributed by atoms with Crippen LogP contribution >= 0.6 is 0 Å². The second-order valence-electron chi connectivity index (χ2n) is 5.75. The normalized spacial score (nSPS) is 32.7. The molecule has 1 saturated heterocycles. The molecule has 1 heterocycles. The van der Waals surface area contributed by atoms with Crippen LogP contribution in [0.25, 0.3) is 0 Å². The molecule has 0 radical (unpaired) electrons. The average molecular weight is 341 g/mol. The van der Waals surface area contributed by atoms with Crippen molar-refractivity contribution in [1.29, 1.82) is 0 Å². The van der Waals surface area contributed by atoms with Crippen LogP contribution in [0.1, 0.15) is 19.8 Å². The van der Waals surface area contributed by atoms with E-state index in [1.807, 2.05) is 0 Å². The van der Waals surface area contributed by atoms with Gasteiger partial charge in [0.2, 0.25) is 6.29 Å². The zero-order valence-corrected chi connectivity index (χ0v) is 13.7. The molecule has 1 aliphatic carbocycles. The number of methoxy groups -OCH3 is 1. The van der Waals surface area contributed by atoms with Crippen molar-refractivity contribution < 1.29 is 33.6 Å². The van der Waals surface area contributed by atoms with Gasteiger partial charge in [-0.3, -0.25) is 4.79 Å². The van der Waals surface area contributed by atoms with Gasteiger partial charge in [0.15, 0.2) is 6.10 Å². The highest BCUT2D eigenvalue weighted by Crippen LogP contribution is 2.27. The second-order valence-corrected chi connectivity index (χ2v) is 5.75. The Labute approximate surface area is 140 Å². The lowest BCUT2D eigenvalue weighted by atomic mass is 9.96. The molecule has 2 rings (SSSR count). The van der Waals surface area contributed by atoms with Gasteiger partial charge in [0.1, 0.15) is 11.9 Å². The molecule has 0 amide bonds. The Balaban J connectivity index is 2.03. The fourth-order valence-electron chi connectivity index (χ4n) is 2.66. The van der Waals surface area contributed by atoms with E-state index < -0.39 is 30.4 Å². The number of ether oxygens (including phenoxy) is 4. The van der Waals surface area contributed by atoms with Gasteiger partial charge in [-0.15, -0.1) is 0 Å². The van der Waals surface area contributed by atoms with Crippen molar-refractivity contribution in [1.82, 2.24) is 0 Å². The van der Waals surface area contributed by atoms with Crippen LogP contribution in [0, 0.1) is 5.92 Å². The Morgan fingerprint density at radius 3 is 2.75 bits per heavy atom. The van der Waals surface area contributed by atoms with Crippen LogP contribution in [-0.2, 0) is 28.5 Å². The number of carbonyl (C=O) groups excluding carboxylic acids is 2. The summed E-state index contributed by atoms with van der Waals surface area (Å²) in [5.41, 5.74) is 5.92. The lowest BCUT2D eigenvalue weighted by molar-refractivity contribution is -0.215. The van der Waals surface area contributed by atoms with Crippen molar-refractivity contribution in [3.63, 3.8) is 0 Å². The molecule has 0 aromatic heterocycles. The smallest absolute Gasteiger partial charge is 0.335 e. The first-order chi connectivity index (χ1) is 11.4. The number of hydrogen-bond donors (Lipinski definition) is 2. The van der Waals surface area contributed by atoms with E-state index in [9.17, 15) is 14.7 Å². The largest absolute Gasteiger partial charge is 0.467 e. The zero-order chi connectivity index (χ0) is 17.7. The maximum Gasteiger partial charge on any atom is 0.335 e. The Kier molecular flexibility index (Phi) is 6.36. The minimum absolute atomic E-state index is 0.0552. The second kappa shape index (κ2) is 8.27. The predicted octanol–water partition coefficient (Wildman–Crippen LogP) is 0.00230. The molecule has 134 valence electrons. The quantitative estimate of drug-likeness (QED) is 0.671. The van der Waals surface area contributed by atoms with Gasteiger partial charge >= 0.3 is 11.9 Å². The van der Waals surface area contributed by atoms with E-state index in [1.54, 1.807) is 18.2 Å². The summed E-state index contributed by atoms with van der Waals surface area (Å²) in [6, 6.07) is -0.376. The first-order valence-electron chi connectivity index (χ1n) is 7.76. The third-order valence-corrected chi connectivity index (χ3v) is 3.88. The first-order valence-corrected chi connectivity index (χ1v) is 7.76. The number of nitrogens with two attached hydrogens (primary N) is 1. The van der Waals surface area contributed by atoms with E-state index in [2.05, 4.69) is 0 Å². The third-order valence-electron chi connectivity index (χ3n) is 3.88. The summed E-state index contributed by atoms with van der Waals surface area (Å²) in [4.78, 5) is 22.9. The lowest BCUT2D eigenvalue weighted by Gasteiger charge is -2.34. The van der Waals surface area contributed by atoms with Gasteiger partial charge in [-0.1, -0.05) is 6.08 Å². The van der Waals surface area contributed by atoms with Crippen molar-refractivity contribution in [2.75, 3.05) is 13.7 Å². The van der Waals surface area contributed by atoms with Crippen LogP contribution in [0.5, 0.6) is 0 Å². The van der Waals surface area contributed by atoms with Crippen molar-refractivity contribution >= 4 is 11.9 Å². The van der Waals surface area contributed by atoms with Crippen molar-refractivity contribution in [3.05, 3.63) is 24.0 Å². The molecule has 0 bridgehead atoms. The maximum absolute atomic E-state index is 11.8. The molecule has 2 aliphatic rings. The Bertz CT molecular complexity index is 531. The number of hydrogen-bond acceptors (Lipinski definition) is 8. The Hall–Kier alpha value is -1.90. The SMILES string of the molecule is COC(=O)[C@@H]1C[C@H](OC(C)=O)C[C@H](OC2=CC(N)C(CO)C=C2)O1. The molecule has 8 heteroatoms. The van der Waals surface area contributed by atoms with Crippen molar-refractivity contribution in [2.24, 2.45) is 11.7 Å². The molecule has 5 atom stereocenters. The molecule has 0 aromatic carbocycles. The number of esters is 2. The summed E-state index contributed by atoms with van der Waals surface area (Å²) in [7, 11) is 1.26. The molecule has 2 unspecified atom stereocenters. The van der Waals surface area contributed by atoms with Gasteiger partial charge in [-0.25, -0.2) is 4.79 Å². The van der Waals surface area contributed by atoms with E-state index in [0.717, 1.165) is 0 Å². The van der Waals surface area contributed by atoms with Crippen LogP contribution in [-0.4, -0.2) is 55.3 Å². The minimum atomic E-state index is -0.870. The number of rotatable bonds is 5. The molecule has 1 aliphatic heterocycles. The summed E-state index contributed by atoms with van der Waals surface area (Å²) in [6.07, 6.45) is 3.47. The fourth-order valence-corrected chi connectivity index (χ4v) is 2.66. The molecule has 24 heavy (non-hydrogen) atoms. The lowest BCUT2D eigenvalue weighted by Crippen LogP contribution is -2.43. The molecular formula is C16H23NO7. The molecule has 8 nitrogen and oxygen atoms in total. The Morgan fingerprint density at radius 1 is 1.42 bits per heavy atom. The van der Waals surface area contributed by atoms with Crippen LogP contribution in [0.4, 0.5) is 0 Å². The van der Waals surface area contributed by atoms with Gasteiger partial charge in [-0.05, 0) is 12.2 Å². The van der Waals surface area contributed by atoms with E-state index in [-0.39, 0.29) is 31.4 Å². The highest BCUT2D eigenvalue weighted by atomic mass is 16.7. The van der Waals surface area contributed by atoms with Crippen molar-refractivity contribution in [2.45, 2.75) is 44.3 Å². The number of carbonyl (C=O) groups is 2. The standard InChI is InChI=1S/C16H23NO7/c1-9(19)22-12-6-14(16(20)21-2)24-15(7-12)23-11-4-3-10(8-18)13(17)5-11/h3-5,10,12-15,18H,6-8,17H2,1-2H3/t10?,12-,13?,14-,15+/m0/s1. The summed E-state index contributed by atoms with van der Waals surface area (Å²) >= 11 is 0. The average Bonchev–Trinajstić information content (AvgIpc) is 2.53. The molecule has 0 aromatic rings. The third kappa shape index (κ3) is 4.80. The molecular weight excluding hydrogens is 318 g/mol. The predicted molar refractivity (Wildman–Crippen MR) is 82.3 cm³/mol. The summed E-state index contributed by atoms with van der Waals surface area (Å²) < 4.78 is 21.2. The van der Waals surface area contributed by atoms with Crippen LogP contribution in [0.2, 0.25) is 0 Å². The molecule has 0 spiro atoms. The maximum atomic E-state index is 11.8. The van der Waals surface area contributed by atoms with Gasteiger partial charge < -0.3 is 29.8 Å². The van der Waals surface area contributed by atoms with Gasteiger partial charge in [0.05, 0.1) is 13.7 Å². The Morgan fingerprint density at radius 2 is 2.17 bits per heavy atom. The van der Waals surface area contributed by atoms with E-state index in [4.69, 9.17) is 24.7 Å². The fraction of sp³-hybridized carbons (Fsp3) is 0.625. The first kappa shape index (κ1) is 18.4. The van der Waals surface area contributed by atoms with E-state index in [0.29, 0.717) is 5.76 Å². The van der Waals surface area contributed by atoms with Gasteiger partial charge in [0.25, 0.3) is 0 Å². The minimum Gasteiger partial charge on any atom is -0.467 e. The number of aliphatic hydroxyl groups is 1. The monoisotopic (exact) mass is 341 g/mol. The van der Waals surface area contributed by atoms with Crippen LogP contribution in [0.15, 0.2) is 24.0 Å². The van der Waals surface area contributed by atoms with Gasteiger partial charge in [-0.2, -0.15) is 0 Å². The summed E-state index contributed by atoms with van der Waals surface area (Å²) in [6.45, 7) is 1.25. The number of allylic oxidation sites excluding steroid dienone is 1.